The molecule has 21 heavy (non-hydrogen) atoms. The van der Waals surface area contributed by atoms with Gasteiger partial charge in [0, 0.05) is 5.56 Å². The van der Waals surface area contributed by atoms with Gasteiger partial charge in [0.15, 0.2) is 5.82 Å². The standard InChI is InChI=1S/C15H20N4O.ClH/c16-10-12-6-8-19(9-7-12)11-14-17-15(20-18-14)13-4-2-1-3-5-13;/h1-5,12H,6-11,16H2;1H. The fraction of sp³-hybridized carbons (Fsp3) is 0.467. The molecule has 0 spiro atoms. The van der Waals surface area contributed by atoms with Crippen LogP contribution in [0.25, 0.3) is 11.5 Å². The summed E-state index contributed by atoms with van der Waals surface area (Å²) in [6.45, 7) is 3.69. The Balaban J connectivity index is 0.00000161. The molecule has 5 nitrogen and oxygen atoms in total. The van der Waals surface area contributed by atoms with Gasteiger partial charge in [-0.05, 0) is 50.5 Å². The van der Waals surface area contributed by atoms with Crippen molar-refractivity contribution in [2.45, 2.75) is 19.4 Å². The maximum absolute atomic E-state index is 5.71. The van der Waals surface area contributed by atoms with Crippen molar-refractivity contribution < 1.29 is 4.52 Å². The van der Waals surface area contributed by atoms with Crippen LogP contribution < -0.4 is 5.73 Å². The van der Waals surface area contributed by atoms with Crippen LogP contribution in [0.5, 0.6) is 0 Å². The van der Waals surface area contributed by atoms with Crippen molar-refractivity contribution in [3.63, 3.8) is 0 Å². The summed E-state index contributed by atoms with van der Waals surface area (Å²) in [5, 5.41) is 4.07. The molecule has 0 bridgehead atoms. The molecule has 6 heteroatoms. The van der Waals surface area contributed by atoms with Gasteiger partial charge in [0.05, 0.1) is 6.54 Å². The lowest BCUT2D eigenvalue weighted by atomic mass is 9.97. The van der Waals surface area contributed by atoms with Crippen LogP contribution in [-0.2, 0) is 6.54 Å². The number of hydrogen-bond acceptors (Lipinski definition) is 5. The Labute approximate surface area is 130 Å². The van der Waals surface area contributed by atoms with E-state index in [2.05, 4.69) is 15.0 Å². The van der Waals surface area contributed by atoms with E-state index in [1.165, 1.54) is 12.8 Å². The Kier molecular flexibility index (Phi) is 5.73. The first kappa shape index (κ1) is 15.9. The molecule has 1 aliphatic rings. The van der Waals surface area contributed by atoms with Crippen molar-refractivity contribution in [3.8, 4) is 11.5 Å². The van der Waals surface area contributed by atoms with E-state index in [1.54, 1.807) is 0 Å². The minimum Gasteiger partial charge on any atom is -0.334 e. The van der Waals surface area contributed by atoms with E-state index >= 15 is 0 Å². The number of aromatic nitrogens is 2. The largest absolute Gasteiger partial charge is 0.334 e. The van der Waals surface area contributed by atoms with Gasteiger partial charge in [-0.15, -0.1) is 12.4 Å². The van der Waals surface area contributed by atoms with Gasteiger partial charge in [0.25, 0.3) is 5.89 Å². The van der Waals surface area contributed by atoms with E-state index < -0.39 is 0 Å². The quantitative estimate of drug-likeness (QED) is 0.939. The van der Waals surface area contributed by atoms with E-state index in [9.17, 15) is 0 Å². The third kappa shape index (κ3) is 4.03. The molecule has 1 saturated heterocycles. The predicted molar refractivity (Wildman–Crippen MR) is 84.0 cm³/mol. The highest BCUT2D eigenvalue weighted by molar-refractivity contribution is 5.85. The van der Waals surface area contributed by atoms with Crippen LogP contribution in [0.2, 0.25) is 0 Å². The maximum atomic E-state index is 5.71. The van der Waals surface area contributed by atoms with E-state index in [-0.39, 0.29) is 12.4 Å². The fourth-order valence-corrected chi connectivity index (χ4v) is 2.60. The fourth-order valence-electron chi connectivity index (χ4n) is 2.60. The second-order valence-electron chi connectivity index (χ2n) is 5.34. The third-order valence-corrected chi connectivity index (χ3v) is 3.89. The second kappa shape index (κ2) is 7.54. The topological polar surface area (TPSA) is 68.2 Å². The number of benzene rings is 1. The summed E-state index contributed by atoms with van der Waals surface area (Å²) in [5.74, 6) is 2.03. The summed E-state index contributed by atoms with van der Waals surface area (Å²) in [7, 11) is 0. The van der Waals surface area contributed by atoms with Crippen molar-refractivity contribution in [3.05, 3.63) is 36.2 Å². The molecule has 0 aliphatic carbocycles. The Hall–Kier alpha value is -1.43. The van der Waals surface area contributed by atoms with Gasteiger partial charge in [-0.25, -0.2) is 0 Å². The Morgan fingerprint density at radius 3 is 2.57 bits per heavy atom. The van der Waals surface area contributed by atoms with Crippen LogP contribution in [0.3, 0.4) is 0 Å². The number of piperidine rings is 1. The molecule has 1 fully saturated rings. The van der Waals surface area contributed by atoms with Crippen LogP contribution in [0.15, 0.2) is 34.9 Å². The first-order valence-electron chi connectivity index (χ1n) is 7.15. The molecule has 114 valence electrons. The average Bonchev–Trinajstić information content (AvgIpc) is 2.97. The Bertz CT molecular complexity index is 538. The van der Waals surface area contributed by atoms with Crippen LogP contribution in [0.4, 0.5) is 0 Å². The summed E-state index contributed by atoms with van der Waals surface area (Å²) < 4.78 is 5.33. The summed E-state index contributed by atoms with van der Waals surface area (Å²) in [4.78, 5) is 6.84. The number of likely N-dealkylation sites (tertiary alicyclic amines) is 1. The molecule has 2 aromatic rings. The number of halogens is 1. The Morgan fingerprint density at radius 1 is 1.19 bits per heavy atom. The third-order valence-electron chi connectivity index (χ3n) is 3.89. The van der Waals surface area contributed by atoms with Gasteiger partial charge >= 0.3 is 0 Å². The molecule has 1 aromatic carbocycles. The van der Waals surface area contributed by atoms with Gasteiger partial charge in [-0.1, -0.05) is 23.4 Å². The number of hydrogen-bond donors (Lipinski definition) is 1. The molecular formula is C15H21ClN4O. The molecular weight excluding hydrogens is 288 g/mol. The van der Waals surface area contributed by atoms with Gasteiger partial charge in [-0.2, -0.15) is 4.98 Å². The molecule has 3 rings (SSSR count). The minimum absolute atomic E-state index is 0. The van der Waals surface area contributed by atoms with Crippen LogP contribution in [-0.4, -0.2) is 34.7 Å². The average molecular weight is 309 g/mol. The van der Waals surface area contributed by atoms with E-state index in [1.807, 2.05) is 30.3 Å². The first-order chi connectivity index (χ1) is 9.85. The zero-order valence-electron chi connectivity index (χ0n) is 11.9. The molecule has 0 radical (unpaired) electrons. The van der Waals surface area contributed by atoms with Gasteiger partial charge in [0.2, 0.25) is 0 Å². The number of nitrogens with zero attached hydrogens (tertiary/aromatic N) is 3. The first-order valence-corrected chi connectivity index (χ1v) is 7.15. The van der Waals surface area contributed by atoms with Gasteiger partial charge in [-0.3, -0.25) is 4.90 Å². The summed E-state index contributed by atoms with van der Waals surface area (Å²) in [6.07, 6.45) is 2.33. The lowest BCUT2D eigenvalue weighted by Crippen LogP contribution is -2.35. The molecule has 0 atom stereocenters. The lowest BCUT2D eigenvalue weighted by molar-refractivity contribution is 0.175. The molecule has 1 aliphatic heterocycles. The lowest BCUT2D eigenvalue weighted by Gasteiger charge is -2.30. The van der Waals surface area contributed by atoms with Crippen molar-refractivity contribution >= 4 is 12.4 Å². The minimum atomic E-state index is 0. The van der Waals surface area contributed by atoms with Crippen LogP contribution >= 0.6 is 12.4 Å². The van der Waals surface area contributed by atoms with Crippen LogP contribution in [0.1, 0.15) is 18.7 Å². The maximum Gasteiger partial charge on any atom is 0.257 e. The Morgan fingerprint density at radius 2 is 1.90 bits per heavy atom. The highest BCUT2D eigenvalue weighted by Gasteiger charge is 2.19. The monoisotopic (exact) mass is 308 g/mol. The summed E-state index contributed by atoms with van der Waals surface area (Å²) in [6, 6.07) is 9.87. The molecule has 0 saturated carbocycles. The van der Waals surface area contributed by atoms with Gasteiger partial charge < -0.3 is 10.3 Å². The molecule has 0 amide bonds. The number of nitrogens with two attached hydrogens (primary N) is 1. The molecule has 2 heterocycles. The SMILES string of the molecule is Cl.NCC1CCN(Cc2noc(-c3ccccc3)n2)CC1. The molecule has 2 N–H and O–H groups in total. The summed E-state index contributed by atoms with van der Waals surface area (Å²) >= 11 is 0. The zero-order valence-corrected chi connectivity index (χ0v) is 12.8. The zero-order chi connectivity index (χ0) is 13.8. The van der Waals surface area contributed by atoms with Crippen LogP contribution in [0, 0.1) is 5.92 Å². The highest BCUT2D eigenvalue weighted by atomic mass is 35.5. The summed E-state index contributed by atoms with van der Waals surface area (Å²) in [5.41, 5.74) is 6.68. The van der Waals surface area contributed by atoms with E-state index in [0.29, 0.717) is 11.8 Å². The molecule has 1 aromatic heterocycles. The normalized spacial score (nSPS) is 16.6. The van der Waals surface area contributed by atoms with Crippen molar-refractivity contribution in [2.75, 3.05) is 19.6 Å². The van der Waals surface area contributed by atoms with Crippen molar-refractivity contribution in [1.29, 1.82) is 0 Å². The highest BCUT2D eigenvalue weighted by Crippen LogP contribution is 2.19. The smallest absolute Gasteiger partial charge is 0.257 e. The predicted octanol–water partition coefficient (Wildman–Crippen LogP) is 2.33. The van der Waals surface area contributed by atoms with Crippen molar-refractivity contribution in [2.24, 2.45) is 11.7 Å². The van der Waals surface area contributed by atoms with Crippen molar-refractivity contribution in [1.82, 2.24) is 15.0 Å². The van der Waals surface area contributed by atoms with E-state index in [4.69, 9.17) is 10.3 Å². The second-order valence-corrected chi connectivity index (χ2v) is 5.34. The van der Waals surface area contributed by atoms with Gasteiger partial charge in [0.1, 0.15) is 0 Å². The molecule has 0 unspecified atom stereocenters. The number of rotatable bonds is 4. The van der Waals surface area contributed by atoms with E-state index in [0.717, 1.165) is 37.6 Å².